The molecule has 3 nitrogen and oxygen atoms in total. The first-order chi connectivity index (χ1) is 11.6. The first-order valence-corrected chi connectivity index (χ1v) is 9.71. The van der Waals surface area contributed by atoms with Gasteiger partial charge in [0, 0.05) is 13.1 Å². The van der Waals surface area contributed by atoms with Gasteiger partial charge in [-0.2, -0.15) is 50.7 Å². The quantitative estimate of drug-likeness (QED) is 0.481. The van der Waals surface area contributed by atoms with Gasteiger partial charge in [-0.1, -0.05) is 0 Å². The number of carbonyl (C=O) groups is 1. The van der Waals surface area contributed by atoms with Crippen LogP contribution in [0.5, 0.6) is 0 Å². The molecule has 0 N–H and O–H groups in total. The molecule has 0 aliphatic carbocycles. The van der Waals surface area contributed by atoms with E-state index in [-0.39, 0.29) is 12.0 Å². The maximum absolute atomic E-state index is 12.0. The molecule has 1 fully saturated rings. The highest BCUT2D eigenvalue weighted by molar-refractivity contribution is 7.99. The Morgan fingerprint density at radius 3 is 1.88 bits per heavy atom. The van der Waals surface area contributed by atoms with Gasteiger partial charge in [-0.05, 0) is 45.3 Å². The maximum atomic E-state index is 12.0. The molecule has 0 radical (unpaired) electrons. The number of halogens is 6. The van der Waals surface area contributed by atoms with Crippen LogP contribution in [-0.4, -0.2) is 59.3 Å². The van der Waals surface area contributed by atoms with Gasteiger partial charge in [0.2, 0.25) is 0 Å². The first-order valence-electron chi connectivity index (χ1n) is 7.93. The molecule has 26 heavy (non-hydrogen) atoms. The molecule has 1 aliphatic heterocycles. The van der Waals surface area contributed by atoms with Crippen molar-refractivity contribution in [1.82, 2.24) is 4.90 Å². The molecule has 156 valence electrons. The van der Waals surface area contributed by atoms with E-state index in [1.807, 2.05) is 20.8 Å². The normalized spacial score (nSPS) is 16.8. The number of likely N-dealkylation sites (tertiary alicyclic amines) is 1. The van der Waals surface area contributed by atoms with E-state index < -0.39 is 29.5 Å². The van der Waals surface area contributed by atoms with Crippen LogP contribution in [0.2, 0.25) is 0 Å². The summed E-state index contributed by atoms with van der Waals surface area (Å²) in [5, 5.41) is 0. The number of rotatable bonds is 3. The number of nitrogens with zero attached hydrogens (tertiary/aromatic N) is 1. The van der Waals surface area contributed by atoms with E-state index >= 15 is 0 Å². The summed E-state index contributed by atoms with van der Waals surface area (Å²) in [5.41, 5.74) is -0.517. The molecule has 0 atom stereocenters. The van der Waals surface area contributed by atoms with Crippen LogP contribution >= 0.6 is 24.4 Å². The zero-order valence-electron chi connectivity index (χ0n) is 14.9. The van der Waals surface area contributed by atoms with Crippen molar-refractivity contribution in [1.29, 1.82) is 0 Å². The summed E-state index contributed by atoms with van der Waals surface area (Å²) >= 11 is 3.90. The second kappa shape index (κ2) is 10.8. The predicted molar refractivity (Wildman–Crippen MR) is 93.8 cm³/mol. The van der Waals surface area contributed by atoms with Crippen LogP contribution in [0.25, 0.3) is 0 Å². The molecule has 1 saturated heterocycles. The fourth-order valence-electron chi connectivity index (χ4n) is 1.95. The Kier molecular flexibility index (Phi) is 10.6. The van der Waals surface area contributed by atoms with Crippen LogP contribution in [0.1, 0.15) is 33.6 Å². The molecular weight excluding hydrogens is 404 g/mol. The number of thiol groups is 1. The first kappa shape index (κ1) is 25.6. The number of amides is 1. The number of piperidine rings is 1. The number of thioether (sulfide) groups is 1. The van der Waals surface area contributed by atoms with Crippen LogP contribution < -0.4 is 0 Å². The van der Waals surface area contributed by atoms with E-state index in [2.05, 4.69) is 12.6 Å². The van der Waals surface area contributed by atoms with Gasteiger partial charge in [-0.3, -0.25) is 0 Å². The van der Waals surface area contributed by atoms with Crippen LogP contribution in [0, 0.1) is 5.92 Å². The van der Waals surface area contributed by atoms with E-state index in [1.54, 1.807) is 4.90 Å². The van der Waals surface area contributed by atoms with E-state index in [0.717, 1.165) is 24.6 Å². The van der Waals surface area contributed by atoms with E-state index in [0.29, 0.717) is 18.8 Å². The Morgan fingerprint density at radius 1 is 1.08 bits per heavy atom. The number of carbonyl (C=O) groups excluding carboxylic acids is 1. The van der Waals surface area contributed by atoms with Crippen molar-refractivity contribution in [3.63, 3.8) is 0 Å². The van der Waals surface area contributed by atoms with Gasteiger partial charge in [0.05, 0.1) is 11.5 Å². The van der Waals surface area contributed by atoms with Crippen molar-refractivity contribution in [2.45, 2.75) is 51.6 Å². The van der Waals surface area contributed by atoms with Gasteiger partial charge in [0.1, 0.15) is 5.60 Å². The van der Waals surface area contributed by atoms with Crippen molar-refractivity contribution in [2.75, 3.05) is 30.3 Å². The SMILES string of the molecule is CC(C)(C)OC(=O)N1CCC(CSCC(F)(F)F)CC1.FC(F)(F)CS. The number of alkyl halides is 6. The van der Waals surface area contributed by atoms with Crippen LogP contribution in [0.3, 0.4) is 0 Å². The minimum absolute atomic E-state index is 0.251. The standard InChI is InChI=1S/C13H22F3NO2S.C2H3F3S/c1-12(2,3)19-11(18)17-6-4-10(5-7-17)8-20-9-13(14,15)16;3-2(4,5)1-6/h10H,4-9H2,1-3H3;6H,1H2. The average molecular weight is 429 g/mol. The molecule has 1 amide bonds. The fourth-order valence-corrected chi connectivity index (χ4v) is 2.97. The fraction of sp³-hybridized carbons (Fsp3) is 0.933. The third kappa shape index (κ3) is 14.7. The van der Waals surface area contributed by atoms with Gasteiger partial charge in [-0.25, -0.2) is 4.79 Å². The molecule has 0 spiro atoms. The summed E-state index contributed by atoms with van der Waals surface area (Å²) in [5.74, 6) is -1.07. The second-order valence-corrected chi connectivity index (χ2v) is 8.16. The van der Waals surface area contributed by atoms with Gasteiger partial charge in [0.25, 0.3) is 0 Å². The topological polar surface area (TPSA) is 29.5 Å². The summed E-state index contributed by atoms with van der Waals surface area (Å²) < 4.78 is 73.5. The summed E-state index contributed by atoms with van der Waals surface area (Å²) in [4.78, 5) is 13.5. The molecule has 0 saturated carbocycles. The summed E-state index contributed by atoms with van der Waals surface area (Å²) in [7, 11) is 0. The van der Waals surface area contributed by atoms with Crippen molar-refractivity contribution in [2.24, 2.45) is 5.92 Å². The smallest absolute Gasteiger partial charge is 0.410 e. The van der Waals surface area contributed by atoms with Crippen LogP contribution in [0.15, 0.2) is 0 Å². The van der Waals surface area contributed by atoms with Crippen molar-refractivity contribution in [3.8, 4) is 0 Å². The van der Waals surface area contributed by atoms with Gasteiger partial charge < -0.3 is 9.64 Å². The minimum Gasteiger partial charge on any atom is -0.444 e. The van der Waals surface area contributed by atoms with Gasteiger partial charge in [-0.15, -0.1) is 0 Å². The molecule has 0 bridgehead atoms. The molecule has 0 aromatic heterocycles. The lowest BCUT2D eigenvalue weighted by atomic mass is 9.99. The molecule has 1 heterocycles. The Balaban J connectivity index is 0.000000896. The number of ether oxygens (including phenoxy) is 1. The molecule has 0 unspecified atom stereocenters. The maximum Gasteiger partial charge on any atom is 0.410 e. The summed E-state index contributed by atoms with van der Waals surface area (Å²) in [6.45, 7) is 6.56. The highest BCUT2D eigenvalue weighted by atomic mass is 32.2. The molecule has 0 aromatic carbocycles. The van der Waals surface area contributed by atoms with Crippen LogP contribution in [-0.2, 0) is 4.74 Å². The van der Waals surface area contributed by atoms with Crippen molar-refractivity contribution in [3.05, 3.63) is 0 Å². The average Bonchev–Trinajstić information content (AvgIpc) is 2.44. The second-order valence-electron chi connectivity index (χ2n) is 6.81. The molecule has 0 aromatic rings. The minimum atomic E-state index is -4.10. The predicted octanol–water partition coefficient (Wildman–Crippen LogP) is 5.41. The Labute approximate surface area is 159 Å². The van der Waals surface area contributed by atoms with Gasteiger partial charge >= 0.3 is 18.4 Å². The van der Waals surface area contributed by atoms with Crippen molar-refractivity contribution >= 4 is 30.5 Å². The number of hydrogen-bond acceptors (Lipinski definition) is 4. The summed E-state index contributed by atoms with van der Waals surface area (Å²) in [6, 6.07) is 0. The Hall–Kier alpha value is -0.450. The largest absolute Gasteiger partial charge is 0.444 e. The number of hydrogen-bond donors (Lipinski definition) is 1. The molecule has 1 rings (SSSR count). The van der Waals surface area contributed by atoms with E-state index in [1.165, 1.54) is 0 Å². The zero-order chi connectivity index (χ0) is 20.6. The lowest BCUT2D eigenvalue weighted by molar-refractivity contribution is -0.106. The third-order valence-corrected chi connectivity index (χ3v) is 4.66. The highest BCUT2D eigenvalue weighted by Crippen LogP contribution is 2.27. The lowest BCUT2D eigenvalue weighted by Gasteiger charge is -2.33. The van der Waals surface area contributed by atoms with E-state index in [4.69, 9.17) is 4.74 Å². The monoisotopic (exact) mass is 429 g/mol. The molecule has 1 aliphatic rings. The molecule has 11 heteroatoms. The van der Waals surface area contributed by atoms with Gasteiger partial charge in [0.15, 0.2) is 0 Å². The van der Waals surface area contributed by atoms with Crippen LogP contribution in [0.4, 0.5) is 31.1 Å². The third-order valence-electron chi connectivity index (χ3n) is 3.06. The highest BCUT2D eigenvalue weighted by Gasteiger charge is 2.30. The zero-order valence-corrected chi connectivity index (χ0v) is 16.6. The Morgan fingerprint density at radius 2 is 1.54 bits per heavy atom. The van der Waals surface area contributed by atoms with Crippen molar-refractivity contribution < 1.29 is 35.9 Å². The Bertz CT molecular complexity index is 416. The molecular formula is C15H25F6NO2S2. The lowest BCUT2D eigenvalue weighted by Crippen LogP contribution is -2.42. The summed E-state index contributed by atoms with van der Waals surface area (Å²) in [6.07, 6.45) is -7.04. The van der Waals surface area contributed by atoms with E-state index in [9.17, 15) is 31.1 Å².